The van der Waals surface area contributed by atoms with E-state index in [1.807, 2.05) is 18.2 Å². The monoisotopic (exact) mass is 271 g/mol. The van der Waals surface area contributed by atoms with Crippen molar-refractivity contribution in [2.24, 2.45) is 0 Å². The molecule has 1 N–H and O–H groups in total. The van der Waals surface area contributed by atoms with Gasteiger partial charge in [-0.2, -0.15) is 0 Å². The fraction of sp³-hybridized carbons (Fsp3) is 0.300. The third-order valence-corrected chi connectivity index (χ3v) is 2.93. The lowest BCUT2D eigenvalue weighted by atomic mass is 10.1. The van der Waals surface area contributed by atoms with Gasteiger partial charge in [-0.25, -0.2) is 4.79 Å². The Labute approximate surface area is 95.7 Å². The van der Waals surface area contributed by atoms with Gasteiger partial charge in [-0.3, -0.25) is 0 Å². The van der Waals surface area contributed by atoms with Crippen LogP contribution < -0.4 is 10.1 Å². The lowest BCUT2D eigenvalue weighted by molar-refractivity contribution is 0.139. The van der Waals surface area contributed by atoms with Crippen molar-refractivity contribution in [3.05, 3.63) is 28.2 Å². The topological polar surface area (TPSA) is 47.6 Å². The van der Waals surface area contributed by atoms with E-state index in [1.54, 1.807) is 7.11 Å². The fourth-order valence-electron chi connectivity index (χ4n) is 1.56. The smallest absolute Gasteiger partial charge is 0.407 e. The highest BCUT2D eigenvalue weighted by Gasteiger charge is 2.28. The van der Waals surface area contributed by atoms with Crippen molar-refractivity contribution in [1.29, 1.82) is 0 Å². The Hall–Kier alpha value is -1.23. The molecule has 0 aromatic heterocycles. The Morgan fingerprint density at radius 2 is 2.40 bits per heavy atom. The normalized spacial score (nSPS) is 19.6. The number of ether oxygens (including phenoxy) is 2. The molecular formula is C10H10BrNO3. The molecule has 0 bridgehead atoms. The zero-order valence-corrected chi connectivity index (χ0v) is 9.71. The van der Waals surface area contributed by atoms with Crippen LogP contribution in [0.2, 0.25) is 0 Å². The first-order valence-electron chi connectivity index (χ1n) is 4.49. The molecule has 1 atom stereocenters. The third-order valence-electron chi connectivity index (χ3n) is 2.24. The van der Waals surface area contributed by atoms with Gasteiger partial charge in [-0.05, 0) is 12.1 Å². The van der Waals surface area contributed by atoms with Crippen LogP contribution in [0.4, 0.5) is 4.79 Å². The van der Waals surface area contributed by atoms with Crippen LogP contribution in [0.1, 0.15) is 11.7 Å². The van der Waals surface area contributed by atoms with E-state index in [0.717, 1.165) is 10.0 Å². The summed E-state index contributed by atoms with van der Waals surface area (Å²) < 4.78 is 11.2. The second-order valence-electron chi connectivity index (χ2n) is 3.13. The Morgan fingerprint density at radius 1 is 1.60 bits per heavy atom. The summed E-state index contributed by atoms with van der Waals surface area (Å²) in [5.74, 6) is 0.714. The van der Waals surface area contributed by atoms with Crippen molar-refractivity contribution in [3.8, 4) is 5.75 Å². The van der Waals surface area contributed by atoms with Crippen LogP contribution in [-0.2, 0) is 4.74 Å². The van der Waals surface area contributed by atoms with E-state index in [1.165, 1.54) is 0 Å². The first-order chi connectivity index (χ1) is 7.22. The van der Waals surface area contributed by atoms with Crippen molar-refractivity contribution in [1.82, 2.24) is 5.32 Å². The molecule has 1 amide bonds. The molecule has 1 fully saturated rings. The van der Waals surface area contributed by atoms with Crippen LogP contribution in [0.15, 0.2) is 22.7 Å². The third kappa shape index (κ3) is 1.92. The van der Waals surface area contributed by atoms with Crippen LogP contribution >= 0.6 is 15.9 Å². The quantitative estimate of drug-likeness (QED) is 0.898. The summed E-state index contributed by atoms with van der Waals surface area (Å²) in [7, 11) is 1.59. The van der Waals surface area contributed by atoms with Crippen molar-refractivity contribution >= 4 is 22.0 Å². The van der Waals surface area contributed by atoms with Gasteiger partial charge >= 0.3 is 6.09 Å². The van der Waals surface area contributed by atoms with Gasteiger partial charge in [0.25, 0.3) is 0 Å². The molecule has 2 rings (SSSR count). The average molecular weight is 272 g/mol. The fourth-order valence-corrected chi connectivity index (χ4v) is 2.16. The van der Waals surface area contributed by atoms with E-state index >= 15 is 0 Å². The second kappa shape index (κ2) is 4.10. The number of alkyl carbamates (subject to hydrolysis) is 1. The van der Waals surface area contributed by atoms with Crippen LogP contribution in [0.25, 0.3) is 0 Å². The number of cyclic esters (lactones) is 1. The van der Waals surface area contributed by atoms with E-state index in [2.05, 4.69) is 21.2 Å². The zero-order valence-electron chi connectivity index (χ0n) is 8.12. The van der Waals surface area contributed by atoms with E-state index in [4.69, 9.17) is 9.47 Å². The summed E-state index contributed by atoms with van der Waals surface area (Å²) in [6, 6.07) is 5.60. The van der Waals surface area contributed by atoms with E-state index in [9.17, 15) is 4.79 Å². The maximum absolute atomic E-state index is 10.9. The van der Waals surface area contributed by atoms with Crippen LogP contribution in [0.5, 0.6) is 5.75 Å². The molecule has 0 radical (unpaired) electrons. The number of carbonyl (C=O) groups is 1. The predicted octanol–water partition coefficient (Wildman–Crippen LogP) is 2.24. The number of halogens is 1. The van der Waals surface area contributed by atoms with Gasteiger partial charge in [-0.1, -0.05) is 22.0 Å². The second-order valence-corrected chi connectivity index (χ2v) is 3.98. The molecule has 1 heterocycles. The molecule has 1 aliphatic rings. The van der Waals surface area contributed by atoms with E-state index in [0.29, 0.717) is 12.3 Å². The average Bonchev–Trinajstić information content (AvgIpc) is 2.64. The molecule has 1 aromatic carbocycles. The predicted molar refractivity (Wildman–Crippen MR) is 57.9 cm³/mol. The van der Waals surface area contributed by atoms with Crippen molar-refractivity contribution in [3.63, 3.8) is 0 Å². The van der Waals surface area contributed by atoms with E-state index in [-0.39, 0.29) is 6.10 Å². The van der Waals surface area contributed by atoms with Crippen molar-refractivity contribution in [2.45, 2.75) is 6.10 Å². The zero-order chi connectivity index (χ0) is 10.8. The minimum Gasteiger partial charge on any atom is -0.496 e. The first kappa shape index (κ1) is 10.3. The van der Waals surface area contributed by atoms with Gasteiger partial charge in [0.05, 0.1) is 19.2 Å². The molecule has 0 spiro atoms. The highest BCUT2D eigenvalue weighted by molar-refractivity contribution is 9.10. The molecule has 4 nitrogen and oxygen atoms in total. The highest BCUT2D eigenvalue weighted by Crippen LogP contribution is 2.35. The number of hydrogen-bond donors (Lipinski definition) is 1. The number of benzene rings is 1. The first-order valence-corrected chi connectivity index (χ1v) is 5.28. The molecule has 1 saturated heterocycles. The van der Waals surface area contributed by atoms with Crippen molar-refractivity contribution < 1.29 is 14.3 Å². The molecule has 80 valence electrons. The van der Waals surface area contributed by atoms with Gasteiger partial charge < -0.3 is 14.8 Å². The Morgan fingerprint density at radius 3 is 3.00 bits per heavy atom. The van der Waals surface area contributed by atoms with Crippen LogP contribution in [0.3, 0.4) is 0 Å². The number of rotatable bonds is 2. The summed E-state index contributed by atoms with van der Waals surface area (Å²) in [5.41, 5.74) is 0.860. The summed E-state index contributed by atoms with van der Waals surface area (Å²) in [6.07, 6.45) is -0.680. The summed E-state index contributed by atoms with van der Waals surface area (Å²) in [4.78, 5) is 10.9. The van der Waals surface area contributed by atoms with Crippen LogP contribution in [0, 0.1) is 0 Å². The maximum atomic E-state index is 10.9. The van der Waals surface area contributed by atoms with Gasteiger partial charge in [0.15, 0.2) is 6.10 Å². The van der Waals surface area contributed by atoms with Gasteiger partial charge in [0, 0.05) is 4.47 Å². The molecular weight excluding hydrogens is 262 g/mol. The van der Waals surface area contributed by atoms with E-state index < -0.39 is 6.09 Å². The standard InChI is InChI=1S/C10H10BrNO3/c1-14-7-4-2-3-6(11)9(7)8-5-12-10(13)15-8/h2-4,8H,5H2,1H3,(H,12,13). The van der Waals surface area contributed by atoms with Gasteiger partial charge in [-0.15, -0.1) is 0 Å². The number of amides is 1. The van der Waals surface area contributed by atoms with Gasteiger partial charge in [0.2, 0.25) is 0 Å². The minimum absolute atomic E-state index is 0.289. The number of hydrogen-bond acceptors (Lipinski definition) is 3. The largest absolute Gasteiger partial charge is 0.496 e. The molecule has 1 unspecified atom stereocenters. The van der Waals surface area contributed by atoms with Crippen molar-refractivity contribution in [2.75, 3.05) is 13.7 Å². The minimum atomic E-state index is -0.391. The molecule has 1 aliphatic heterocycles. The SMILES string of the molecule is COc1cccc(Br)c1C1CNC(=O)O1. The molecule has 0 saturated carbocycles. The number of methoxy groups -OCH3 is 1. The molecule has 1 aromatic rings. The summed E-state index contributed by atoms with van der Waals surface area (Å²) >= 11 is 3.42. The number of carbonyl (C=O) groups excluding carboxylic acids is 1. The lowest BCUT2D eigenvalue weighted by Gasteiger charge is -2.14. The Kier molecular flexibility index (Phi) is 2.81. The number of nitrogens with one attached hydrogen (secondary N) is 1. The molecule has 0 aliphatic carbocycles. The summed E-state index contributed by atoms with van der Waals surface area (Å²) in [6.45, 7) is 0.470. The van der Waals surface area contributed by atoms with Crippen LogP contribution in [-0.4, -0.2) is 19.7 Å². The van der Waals surface area contributed by atoms with Gasteiger partial charge in [0.1, 0.15) is 5.75 Å². The lowest BCUT2D eigenvalue weighted by Crippen LogP contribution is -2.12. The Balaban J connectivity index is 2.37. The summed E-state index contributed by atoms with van der Waals surface area (Å²) in [5, 5.41) is 2.61. The highest BCUT2D eigenvalue weighted by atomic mass is 79.9. The molecule has 15 heavy (non-hydrogen) atoms. The Bertz CT molecular complexity index is 394. The molecule has 5 heteroatoms. The maximum Gasteiger partial charge on any atom is 0.407 e.